The van der Waals surface area contributed by atoms with Crippen molar-refractivity contribution in [2.24, 2.45) is 5.10 Å². The van der Waals surface area contributed by atoms with E-state index in [4.69, 9.17) is 16.7 Å². The molecule has 1 saturated heterocycles. The molecule has 0 saturated carbocycles. The normalized spacial score (nSPS) is 15.7. The summed E-state index contributed by atoms with van der Waals surface area (Å²) in [7, 11) is 0. The van der Waals surface area contributed by atoms with Crippen LogP contribution >= 0.6 is 11.6 Å². The first kappa shape index (κ1) is 19.7. The van der Waals surface area contributed by atoms with Gasteiger partial charge in [0.1, 0.15) is 0 Å². The van der Waals surface area contributed by atoms with Gasteiger partial charge in [-0.2, -0.15) is 5.10 Å². The molecule has 1 aliphatic rings. The van der Waals surface area contributed by atoms with Gasteiger partial charge in [-0.05, 0) is 35.7 Å². The maximum atomic E-state index is 6.00. The molecule has 29 heavy (non-hydrogen) atoms. The minimum Gasteiger partial charge on any atom is -0.294 e. The molecule has 0 amide bonds. The van der Waals surface area contributed by atoms with Crippen LogP contribution < -0.4 is 0 Å². The van der Waals surface area contributed by atoms with E-state index in [0.29, 0.717) is 0 Å². The second kappa shape index (κ2) is 9.25. The molecule has 0 atom stereocenters. The van der Waals surface area contributed by atoms with E-state index in [-0.39, 0.29) is 6.04 Å². The second-order valence-corrected chi connectivity index (χ2v) is 7.84. The standard InChI is InChI=1S/C25H26ClN3/c1-20(21-12-14-24(26)15-13-21)27-29-18-16-28(17-19-29)25(22-8-4-2-5-9-22)23-10-6-3-7-11-23/h2-15,25H,16-19H2,1H3/b27-20-. The zero-order valence-corrected chi connectivity index (χ0v) is 17.5. The zero-order chi connectivity index (χ0) is 20.1. The number of benzene rings is 3. The third kappa shape index (κ3) is 4.87. The predicted octanol–water partition coefficient (Wildman–Crippen LogP) is 5.47. The molecule has 0 aliphatic carbocycles. The van der Waals surface area contributed by atoms with Gasteiger partial charge >= 0.3 is 0 Å². The fourth-order valence-corrected chi connectivity index (χ4v) is 4.04. The lowest BCUT2D eigenvalue weighted by atomic mass is 9.96. The Labute approximate surface area is 178 Å². The topological polar surface area (TPSA) is 18.8 Å². The molecule has 3 aromatic carbocycles. The average Bonchev–Trinajstić information content (AvgIpc) is 2.77. The molecular formula is C25H26ClN3. The van der Waals surface area contributed by atoms with Gasteiger partial charge < -0.3 is 0 Å². The summed E-state index contributed by atoms with van der Waals surface area (Å²) in [6.07, 6.45) is 0. The smallest absolute Gasteiger partial charge is 0.0646 e. The second-order valence-electron chi connectivity index (χ2n) is 7.41. The van der Waals surface area contributed by atoms with Crippen LogP contribution in [-0.2, 0) is 0 Å². The van der Waals surface area contributed by atoms with Crippen LogP contribution in [0.3, 0.4) is 0 Å². The number of hydrogen-bond acceptors (Lipinski definition) is 3. The fourth-order valence-electron chi connectivity index (χ4n) is 3.92. The van der Waals surface area contributed by atoms with E-state index in [1.165, 1.54) is 11.1 Å². The number of hydrazone groups is 1. The quantitative estimate of drug-likeness (QED) is 0.526. The van der Waals surface area contributed by atoms with Crippen LogP contribution in [0.4, 0.5) is 0 Å². The third-order valence-corrected chi connectivity index (χ3v) is 5.69. The van der Waals surface area contributed by atoms with Crippen LogP contribution in [0.25, 0.3) is 0 Å². The van der Waals surface area contributed by atoms with Gasteiger partial charge in [-0.15, -0.1) is 0 Å². The van der Waals surface area contributed by atoms with E-state index < -0.39 is 0 Å². The van der Waals surface area contributed by atoms with Gasteiger partial charge in [-0.25, -0.2) is 0 Å². The minimum atomic E-state index is 0.279. The van der Waals surface area contributed by atoms with Gasteiger partial charge in [-0.3, -0.25) is 9.91 Å². The van der Waals surface area contributed by atoms with Crippen molar-refractivity contribution in [2.75, 3.05) is 26.2 Å². The van der Waals surface area contributed by atoms with E-state index in [9.17, 15) is 0 Å². The van der Waals surface area contributed by atoms with Crippen molar-refractivity contribution in [3.8, 4) is 0 Å². The third-order valence-electron chi connectivity index (χ3n) is 5.44. The SMILES string of the molecule is C/C(=N/N1CCN(C(c2ccccc2)c2ccccc2)CC1)c1ccc(Cl)cc1. The Hall–Kier alpha value is -2.62. The van der Waals surface area contributed by atoms with Crippen molar-refractivity contribution in [1.82, 2.24) is 9.91 Å². The number of halogens is 1. The molecule has 0 radical (unpaired) electrons. The maximum Gasteiger partial charge on any atom is 0.0646 e. The summed E-state index contributed by atoms with van der Waals surface area (Å²) in [6.45, 7) is 5.85. The molecular weight excluding hydrogens is 378 g/mol. The van der Waals surface area contributed by atoms with Crippen LogP contribution in [0, 0.1) is 0 Å². The summed E-state index contributed by atoms with van der Waals surface area (Å²) in [4.78, 5) is 2.56. The highest BCUT2D eigenvalue weighted by Gasteiger charge is 2.26. The molecule has 1 heterocycles. The van der Waals surface area contributed by atoms with Crippen molar-refractivity contribution in [1.29, 1.82) is 0 Å². The summed E-state index contributed by atoms with van der Waals surface area (Å²) in [6, 6.07) is 29.7. The van der Waals surface area contributed by atoms with E-state index in [0.717, 1.165) is 42.5 Å². The molecule has 0 spiro atoms. The summed E-state index contributed by atoms with van der Waals surface area (Å²) >= 11 is 6.00. The maximum absolute atomic E-state index is 6.00. The largest absolute Gasteiger partial charge is 0.294 e. The lowest BCUT2D eigenvalue weighted by Crippen LogP contribution is -2.46. The van der Waals surface area contributed by atoms with E-state index in [1.807, 2.05) is 24.3 Å². The highest BCUT2D eigenvalue weighted by molar-refractivity contribution is 6.30. The number of rotatable bonds is 5. The zero-order valence-electron chi connectivity index (χ0n) is 16.7. The van der Waals surface area contributed by atoms with Crippen LogP contribution in [-0.4, -0.2) is 41.8 Å². The molecule has 3 nitrogen and oxygen atoms in total. The molecule has 0 bridgehead atoms. The lowest BCUT2D eigenvalue weighted by molar-refractivity contribution is 0.112. The van der Waals surface area contributed by atoms with Crippen molar-refractivity contribution >= 4 is 17.3 Å². The average molecular weight is 404 g/mol. The molecule has 148 valence electrons. The van der Waals surface area contributed by atoms with E-state index in [1.54, 1.807) is 0 Å². The Balaban J connectivity index is 1.48. The Morgan fingerprint density at radius 1 is 0.759 bits per heavy atom. The van der Waals surface area contributed by atoms with Crippen molar-refractivity contribution in [3.63, 3.8) is 0 Å². The van der Waals surface area contributed by atoms with Gasteiger partial charge in [0.25, 0.3) is 0 Å². The van der Waals surface area contributed by atoms with E-state index in [2.05, 4.69) is 77.5 Å². The minimum absolute atomic E-state index is 0.279. The first-order chi connectivity index (χ1) is 14.2. The summed E-state index contributed by atoms with van der Waals surface area (Å²) < 4.78 is 0. The van der Waals surface area contributed by atoms with Crippen molar-refractivity contribution in [3.05, 3.63) is 107 Å². The molecule has 1 fully saturated rings. The van der Waals surface area contributed by atoms with Crippen LogP contribution in [0.2, 0.25) is 5.02 Å². The molecule has 4 heteroatoms. The summed E-state index contributed by atoms with van der Waals surface area (Å²) in [5.41, 5.74) is 4.82. The highest BCUT2D eigenvalue weighted by Crippen LogP contribution is 2.29. The van der Waals surface area contributed by atoms with Crippen LogP contribution in [0.15, 0.2) is 90.0 Å². The van der Waals surface area contributed by atoms with Gasteiger partial charge in [0.2, 0.25) is 0 Å². The number of piperazine rings is 1. The monoisotopic (exact) mass is 403 g/mol. The molecule has 0 N–H and O–H groups in total. The fraction of sp³-hybridized carbons (Fsp3) is 0.240. The Bertz CT molecular complexity index is 891. The van der Waals surface area contributed by atoms with E-state index >= 15 is 0 Å². The van der Waals surface area contributed by atoms with Crippen LogP contribution in [0.5, 0.6) is 0 Å². The number of nitrogens with zero attached hydrogens (tertiary/aromatic N) is 3. The van der Waals surface area contributed by atoms with Gasteiger partial charge in [-0.1, -0.05) is 84.4 Å². The molecule has 1 aliphatic heterocycles. The Morgan fingerprint density at radius 3 is 1.79 bits per heavy atom. The first-order valence-electron chi connectivity index (χ1n) is 10.1. The summed E-state index contributed by atoms with van der Waals surface area (Å²) in [5, 5.41) is 7.80. The molecule has 0 aromatic heterocycles. The van der Waals surface area contributed by atoms with Crippen molar-refractivity contribution in [2.45, 2.75) is 13.0 Å². The van der Waals surface area contributed by atoms with Gasteiger partial charge in [0.15, 0.2) is 0 Å². The predicted molar refractivity (Wildman–Crippen MR) is 122 cm³/mol. The number of hydrogen-bond donors (Lipinski definition) is 0. The first-order valence-corrected chi connectivity index (χ1v) is 10.5. The van der Waals surface area contributed by atoms with Crippen LogP contribution in [0.1, 0.15) is 29.7 Å². The van der Waals surface area contributed by atoms with Gasteiger partial charge in [0, 0.05) is 31.2 Å². The van der Waals surface area contributed by atoms with Crippen molar-refractivity contribution < 1.29 is 0 Å². The molecule has 4 rings (SSSR count). The Morgan fingerprint density at radius 2 is 1.28 bits per heavy atom. The molecule has 3 aromatic rings. The molecule has 0 unspecified atom stereocenters. The Kier molecular flexibility index (Phi) is 6.28. The lowest BCUT2D eigenvalue weighted by Gasteiger charge is -2.39. The highest BCUT2D eigenvalue weighted by atomic mass is 35.5. The van der Waals surface area contributed by atoms with Gasteiger partial charge in [0.05, 0.1) is 11.8 Å². The summed E-state index contributed by atoms with van der Waals surface area (Å²) in [5.74, 6) is 0.